The molecule has 1 aliphatic rings. The first-order valence-corrected chi connectivity index (χ1v) is 9.98. The van der Waals surface area contributed by atoms with Crippen molar-refractivity contribution in [3.05, 3.63) is 71.0 Å². The van der Waals surface area contributed by atoms with E-state index in [1.54, 1.807) is 36.4 Å². The fraction of sp³-hybridized carbons (Fsp3) is 0.286. The molecule has 0 saturated heterocycles. The molecule has 150 valence electrons. The Morgan fingerprint density at radius 2 is 1.97 bits per heavy atom. The van der Waals surface area contributed by atoms with Crippen LogP contribution in [0.1, 0.15) is 30.9 Å². The number of benzene rings is 2. The molecule has 0 unspecified atom stereocenters. The predicted octanol–water partition coefficient (Wildman–Crippen LogP) is 5.04. The quantitative estimate of drug-likeness (QED) is 0.652. The largest absolute Gasteiger partial charge is 0.326 e. The Morgan fingerprint density at radius 1 is 1.14 bits per heavy atom. The molecule has 1 aromatic heterocycles. The van der Waals surface area contributed by atoms with Crippen molar-refractivity contribution >= 4 is 29.0 Å². The average molecular weight is 414 g/mol. The topological polar surface area (TPSA) is 63.1 Å². The summed E-state index contributed by atoms with van der Waals surface area (Å²) in [5.74, 6) is 1.22. The van der Waals surface area contributed by atoms with Crippen molar-refractivity contribution in [2.45, 2.75) is 38.8 Å². The number of amides is 2. The minimum absolute atomic E-state index is 0.190. The first-order chi connectivity index (χ1) is 14.1. The van der Waals surface area contributed by atoms with Gasteiger partial charge in [-0.15, -0.1) is 10.2 Å². The smallest absolute Gasteiger partial charge is 0.313 e. The highest BCUT2D eigenvalue weighted by Crippen LogP contribution is 2.22. The zero-order valence-corrected chi connectivity index (χ0v) is 16.6. The summed E-state index contributed by atoms with van der Waals surface area (Å²) in [7, 11) is 0. The van der Waals surface area contributed by atoms with E-state index < -0.39 is 5.82 Å². The number of aryl methyl sites for hydroxylation is 1. The van der Waals surface area contributed by atoms with E-state index in [0.717, 1.165) is 38.1 Å². The van der Waals surface area contributed by atoms with Crippen molar-refractivity contribution in [1.82, 2.24) is 14.8 Å². The molecule has 2 amide bonds. The van der Waals surface area contributed by atoms with Crippen molar-refractivity contribution in [1.29, 1.82) is 0 Å². The second-order valence-corrected chi connectivity index (χ2v) is 7.43. The number of halogens is 2. The van der Waals surface area contributed by atoms with Gasteiger partial charge in [-0.05, 0) is 55.3 Å². The summed E-state index contributed by atoms with van der Waals surface area (Å²) in [5.41, 5.74) is 1.04. The molecule has 3 aromatic rings. The molecule has 0 bridgehead atoms. The Hall–Kier alpha value is -2.93. The number of aromatic nitrogens is 3. The molecule has 29 heavy (non-hydrogen) atoms. The van der Waals surface area contributed by atoms with Crippen LogP contribution in [0.3, 0.4) is 0 Å². The lowest BCUT2D eigenvalue weighted by Crippen LogP contribution is -2.35. The van der Waals surface area contributed by atoms with Gasteiger partial charge in [0.2, 0.25) is 0 Å². The zero-order chi connectivity index (χ0) is 20.2. The second-order valence-electron chi connectivity index (χ2n) is 7.00. The van der Waals surface area contributed by atoms with Crippen LogP contribution >= 0.6 is 11.6 Å². The molecule has 0 radical (unpaired) electrons. The number of carbonyl (C=O) groups is 1. The van der Waals surface area contributed by atoms with Crippen LogP contribution in [0.25, 0.3) is 0 Å². The van der Waals surface area contributed by atoms with Crippen LogP contribution < -0.4 is 10.2 Å². The van der Waals surface area contributed by atoms with Gasteiger partial charge in [-0.25, -0.2) is 9.18 Å². The molecule has 4 rings (SSSR count). The molecular formula is C21H21ClFN5O. The summed E-state index contributed by atoms with van der Waals surface area (Å²) in [4.78, 5) is 14.5. The average Bonchev–Trinajstić information content (AvgIpc) is 2.93. The highest BCUT2D eigenvalue weighted by molar-refractivity contribution is 6.30. The van der Waals surface area contributed by atoms with Crippen LogP contribution in [0.5, 0.6) is 0 Å². The third-order valence-corrected chi connectivity index (χ3v) is 5.20. The predicted molar refractivity (Wildman–Crippen MR) is 111 cm³/mol. The summed E-state index contributed by atoms with van der Waals surface area (Å²) in [6.07, 6.45) is 4.16. The Morgan fingerprint density at radius 3 is 2.76 bits per heavy atom. The molecule has 6 nitrogen and oxygen atoms in total. The van der Waals surface area contributed by atoms with E-state index in [4.69, 9.17) is 11.6 Å². The Labute approximate surface area is 173 Å². The maximum absolute atomic E-state index is 13.9. The number of rotatable bonds is 4. The molecule has 0 atom stereocenters. The lowest BCUT2D eigenvalue weighted by Gasteiger charge is -2.23. The first kappa shape index (κ1) is 19.4. The van der Waals surface area contributed by atoms with E-state index in [1.807, 2.05) is 0 Å². The maximum atomic E-state index is 13.9. The Bertz CT molecular complexity index is 1000. The fourth-order valence-electron chi connectivity index (χ4n) is 3.45. The molecular weight excluding hydrogens is 393 g/mol. The van der Waals surface area contributed by atoms with Gasteiger partial charge < -0.3 is 9.88 Å². The summed E-state index contributed by atoms with van der Waals surface area (Å²) in [6.45, 7) is 1.02. The van der Waals surface area contributed by atoms with Gasteiger partial charge >= 0.3 is 6.03 Å². The number of fused-ring (bicyclic) bond motifs is 1. The van der Waals surface area contributed by atoms with E-state index in [1.165, 1.54) is 17.0 Å². The van der Waals surface area contributed by atoms with Crippen LogP contribution in [0.2, 0.25) is 5.02 Å². The first-order valence-electron chi connectivity index (χ1n) is 9.61. The van der Waals surface area contributed by atoms with E-state index >= 15 is 0 Å². The van der Waals surface area contributed by atoms with Crippen molar-refractivity contribution in [3.8, 4) is 0 Å². The molecule has 0 spiro atoms. The lowest BCUT2D eigenvalue weighted by molar-refractivity contribution is 0.256. The van der Waals surface area contributed by atoms with Crippen LogP contribution in [0.4, 0.5) is 20.6 Å². The molecule has 8 heteroatoms. The monoisotopic (exact) mass is 413 g/mol. The third-order valence-electron chi connectivity index (χ3n) is 4.95. The number of nitrogens with zero attached hydrogens (tertiary/aromatic N) is 4. The van der Waals surface area contributed by atoms with Crippen molar-refractivity contribution in [2.24, 2.45) is 0 Å². The molecule has 1 N–H and O–H groups in total. The van der Waals surface area contributed by atoms with Crippen molar-refractivity contribution in [3.63, 3.8) is 0 Å². The normalized spacial score (nSPS) is 13.4. The Balaban J connectivity index is 1.63. The number of anilines is 2. The van der Waals surface area contributed by atoms with E-state index in [9.17, 15) is 9.18 Å². The highest BCUT2D eigenvalue weighted by Gasteiger charge is 2.22. The van der Waals surface area contributed by atoms with Crippen LogP contribution in [-0.4, -0.2) is 20.8 Å². The number of urea groups is 1. The standard InChI is InChI=1S/C21H21ClFN5O/c22-15-8-10-17(11-9-15)24-21(29)28(18-6-4-5-16(23)13-18)14-20-26-25-19-7-2-1-3-12-27(19)20/h4-6,8-11,13H,1-3,7,12,14H2,(H,24,29). The van der Waals surface area contributed by atoms with Gasteiger partial charge in [-0.1, -0.05) is 24.1 Å². The molecule has 2 aromatic carbocycles. The summed E-state index contributed by atoms with van der Waals surface area (Å²) >= 11 is 5.92. The zero-order valence-electron chi connectivity index (χ0n) is 15.8. The number of nitrogens with one attached hydrogen (secondary N) is 1. The molecule has 0 fully saturated rings. The second kappa shape index (κ2) is 8.61. The van der Waals surface area contributed by atoms with E-state index in [0.29, 0.717) is 22.2 Å². The number of hydrogen-bond donors (Lipinski definition) is 1. The van der Waals surface area contributed by atoms with E-state index in [-0.39, 0.29) is 12.6 Å². The van der Waals surface area contributed by atoms with Crippen LogP contribution in [-0.2, 0) is 19.5 Å². The van der Waals surface area contributed by atoms with Crippen molar-refractivity contribution in [2.75, 3.05) is 10.2 Å². The maximum Gasteiger partial charge on any atom is 0.326 e. The minimum atomic E-state index is -0.410. The molecule has 2 heterocycles. The van der Waals surface area contributed by atoms with Crippen LogP contribution in [0, 0.1) is 5.82 Å². The van der Waals surface area contributed by atoms with Gasteiger partial charge in [-0.2, -0.15) is 0 Å². The third kappa shape index (κ3) is 4.56. The lowest BCUT2D eigenvalue weighted by atomic mass is 10.2. The summed E-state index contributed by atoms with van der Waals surface area (Å²) in [5, 5.41) is 12.0. The Kier molecular flexibility index (Phi) is 5.76. The van der Waals surface area contributed by atoms with Gasteiger partial charge in [0.25, 0.3) is 0 Å². The van der Waals surface area contributed by atoms with Gasteiger partial charge in [-0.3, -0.25) is 4.90 Å². The van der Waals surface area contributed by atoms with Gasteiger partial charge in [0.1, 0.15) is 11.6 Å². The van der Waals surface area contributed by atoms with Gasteiger partial charge in [0.05, 0.1) is 6.54 Å². The van der Waals surface area contributed by atoms with Gasteiger partial charge in [0, 0.05) is 29.4 Å². The van der Waals surface area contributed by atoms with Crippen LogP contribution in [0.15, 0.2) is 48.5 Å². The van der Waals surface area contributed by atoms with E-state index in [2.05, 4.69) is 20.1 Å². The number of carbonyl (C=O) groups excluding carboxylic acids is 1. The minimum Gasteiger partial charge on any atom is -0.313 e. The molecule has 0 saturated carbocycles. The van der Waals surface area contributed by atoms with Gasteiger partial charge in [0.15, 0.2) is 5.82 Å². The summed E-state index contributed by atoms with van der Waals surface area (Å²) in [6, 6.07) is 12.4. The fourth-order valence-corrected chi connectivity index (χ4v) is 3.58. The van der Waals surface area contributed by atoms with Crippen molar-refractivity contribution < 1.29 is 9.18 Å². The highest BCUT2D eigenvalue weighted by atomic mass is 35.5. The SMILES string of the molecule is O=C(Nc1ccc(Cl)cc1)N(Cc1nnc2n1CCCCC2)c1cccc(F)c1. The summed E-state index contributed by atoms with van der Waals surface area (Å²) < 4.78 is 15.9. The number of hydrogen-bond acceptors (Lipinski definition) is 3. The molecule has 0 aliphatic carbocycles. The molecule has 1 aliphatic heterocycles.